The first kappa shape index (κ1) is 17.3. The topological polar surface area (TPSA) is 67.9 Å². The first-order valence-corrected chi connectivity index (χ1v) is 9.06. The lowest BCUT2D eigenvalue weighted by Crippen LogP contribution is -2.26. The predicted octanol–water partition coefficient (Wildman–Crippen LogP) is 3.62. The third kappa shape index (κ3) is 3.63. The highest BCUT2D eigenvalue weighted by Gasteiger charge is 2.16. The molecule has 6 heteroatoms. The third-order valence-electron chi connectivity index (χ3n) is 4.06. The molecule has 3 aromatic rings. The maximum Gasteiger partial charge on any atom is 0.262 e. The number of nitriles is 1. The van der Waals surface area contributed by atoms with Crippen LogP contribution in [0.3, 0.4) is 0 Å². The first-order valence-electron chi connectivity index (χ1n) is 8.18. The number of benzene rings is 1. The van der Waals surface area contributed by atoms with Gasteiger partial charge >= 0.3 is 0 Å². The number of fused-ring (bicyclic) bond motifs is 1. The second-order valence-electron chi connectivity index (χ2n) is 5.68. The van der Waals surface area contributed by atoms with Crippen molar-refractivity contribution in [3.05, 3.63) is 51.9 Å². The van der Waals surface area contributed by atoms with Gasteiger partial charge in [-0.25, -0.2) is 4.98 Å². The lowest BCUT2D eigenvalue weighted by atomic mass is 10.1. The van der Waals surface area contributed by atoms with Gasteiger partial charge in [-0.15, -0.1) is 11.3 Å². The molecule has 5 nitrogen and oxygen atoms in total. The van der Waals surface area contributed by atoms with Gasteiger partial charge in [-0.2, -0.15) is 5.26 Å². The van der Waals surface area contributed by atoms with Gasteiger partial charge < -0.3 is 4.74 Å². The van der Waals surface area contributed by atoms with E-state index < -0.39 is 0 Å². The van der Waals surface area contributed by atoms with Gasteiger partial charge in [0.1, 0.15) is 10.7 Å². The molecule has 0 saturated heterocycles. The van der Waals surface area contributed by atoms with Crippen molar-refractivity contribution in [2.45, 2.75) is 25.8 Å². The van der Waals surface area contributed by atoms with Gasteiger partial charge in [-0.05, 0) is 12.0 Å². The fraction of sp³-hybridized carbons (Fsp3) is 0.316. The number of thiophene rings is 1. The number of unbranched alkanes of at least 4 members (excludes halogenated alkanes) is 1. The molecule has 2 aromatic heterocycles. The molecule has 0 spiro atoms. The Morgan fingerprint density at radius 3 is 2.84 bits per heavy atom. The summed E-state index contributed by atoms with van der Waals surface area (Å²) < 4.78 is 6.85. The standard InChI is InChI=1S/C19H19N3O2S/c1-24-12-9-16-21-18-17(19(23)22(16)11-6-5-10-20)15(13-25-18)14-7-3-2-4-8-14/h2-4,7-8,13H,5-6,9,11-12H2,1H3. The summed E-state index contributed by atoms with van der Waals surface area (Å²) in [5, 5.41) is 11.4. The van der Waals surface area contributed by atoms with Crippen LogP contribution in [0.15, 0.2) is 40.5 Å². The van der Waals surface area contributed by atoms with E-state index in [9.17, 15) is 4.79 Å². The summed E-state index contributed by atoms with van der Waals surface area (Å²) in [5.74, 6) is 0.721. The Hall–Kier alpha value is -2.49. The summed E-state index contributed by atoms with van der Waals surface area (Å²) in [4.78, 5) is 18.6. The average molecular weight is 353 g/mol. The highest BCUT2D eigenvalue weighted by atomic mass is 32.1. The summed E-state index contributed by atoms with van der Waals surface area (Å²) in [6.07, 6.45) is 1.63. The molecule has 1 aromatic carbocycles. The zero-order valence-electron chi connectivity index (χ0n) is 14.1. The van der Waals surface area contributed by atoms with E-state index in [0.717, 1.165) is 21.8 Å². The third-order valence-corrected chi connectivity index (χ3v) is 4.93. The summed E-state index contributed by atoms with van der Waals surface area (Å²) in [6, 6.07) is 12.0. The van der Waals surface area contributed by atoms with Gasteiger partial charge in [0.15, 0.2) is 0 Å². The molecule has 3 rings (SSSR count). The SMILES string of the molecule is COCCc1nc2scc(-c3ccccc3)c2c(=O)n1CCCC#N. The molecule has 0 saturated carbocycles. The summed E-state index contributed by atoms with van der Waals surface area (Å²) >= 11 is 1.49. The van der Waals surface area contributed by atoms with Gasteiger partial charge in [0.25, 0.3) is 5.56 Å². The van der Waals surface area contributed by atoms with Crippen molar-refractivity contribution in [1.82, 2.24) is 9.55 Å². The van der Waals surface area contributed by atoms with Crippen molar-refractivity contribution in [2.75, 3.05) is 13.7 Å². The van der Waals surface area contributed by atoms with Gasteiger partial charge in [0, 0.05) is 37.4 Å². The number of hydrogen-bond donors (Lipinski definition) is 0. The van der Waals surface area contributed by atoms with Crippen LogP contribution in [0.1, 0.15) is 18.7 Å². The molecule has 25 heavy (non-hydrogen) atoms. The number of aromatic nitrogens is 2. The highest BCUT2D eigenvalue weighted by Crippen LogP contribution is 2.30. The number of hydrogen-bond acceptors (Lipinski definition) is 5. The fourth-order valence-corrected chi connectivity index (χ4v) is 3.78. The second kappa shape index (κ2) is 8.06. The molecule has 0 atom stereocenters. The largest absolute Gasteiger partial charge is 0.384 e. The Morgan fingerprint density at radius 1 is 1.32 bits per heavy atom. The van der Waals surface area contributed by atoms with Crippen molar-refractivity contribution in [3.8, 4) is 17.2 Å². The van der Waals surface area contributed by atoms with E-state index in [1.54, 1.807) is 11.7 Å². The quantitative estimate of drug-likeness (QED) is 0.609. The Bertz CT molecular complexity index is 954. The molecule has 0 aliphatic heterocycles. The van der Waals surface area contributed by atoms with Crippen LogP contribution < -0.4 is 5.56 Å². The maximum absolute atomic E-state index is 13.2. The minimum absolute atomic E-state index is 0.0332. The van der Waals surface area contributed by atoms with Crippen LogP contribution in [-0.2, 0) is 17.7 Å². The molecule has 0 bridgehead atoms. The summed E-state index contributed by atoms with van der Waals surface area (Å²) in [7, 11) is 1.63. The lowest BCUT2D eigenvalue weighted by molar-refractivity contribution is 0.199. The lowest BCUT2D eigenvalue weighted by Gasteiger charge is -2.12. The second-order valence-corrected chi connectivity index (χ2v) is 6.54. The minimum Gasteiger partial charge on any atom is -0.384 e. The number of nitrogens with zero attached hydrogens (tertiary/aromatic N) is 3. The fourth-order valence-electron chi connectivity index (χ4n) is 2.83. The van der Waals surface area contributed by atoms with Crippen molar-refractivity contribution < 1.29 is 4.74 Å². The smallest absolute Gasteiger partial charge is 0.262 e. The van der Waals surface area contributed by atoms with Crippen LogP contribution in [0.4, 0.5) is 0 Å². The van der Waals surface area contributed by atoms with Gasteiger partial charge in [-0.3, -0.25) is 9.36 Å². The highest BCUT2D eigenvalue weighted by molar-refractivity contribution is 7.17. The maximum atomic E-state index is 13.2. The van der Waals surface area contributed by atoms with Crippen molar-refractivity contribution in [1.29, 1.82) is 5.26 Å². The van der Waals surface area contributed by atoms with E-state index in [1.165, 1.54) is 11.3 Å². The van der Waals surface area contributed by atoms with Crippen LogP contribution in [0.5, 0.6) is 0 Å². The van der Waals surface area contributed by atoms with Crippen LogP contribution in [0, 0.1) is 11.3 Å². The Kier molecular flexibility index (Phi) is 5.59. The van der Waals surface area contributed by atoms with Crippen LogP contribution in [0.25, 0.3) is 21.3 Å². The van der Waals surface area contributed by atoms with Crippen molar-refractivity contribution >= 4 is 21.6 Å². The zero-order chi connectivity index (χ0) is 17.6. The molecule has 0 radical (unpaired) electrons. The Morgan fingerprint density at radius 2 is 2.12 bits per heavy atom. The van der Waals surface area contributed by atoms with E-state index >= 15 is 0 Å². The number of methoxy groups -OCH3 is 1. The van der Waals surface area contributed by atoms with E-state index in [0.29, 0.717) is 37.8 Å². The molecule has 2 heterocycles. The molecular formula is C19H19N3O2S. The van der Waals surface area contributed by atoms with E-state index in [2.05, 4.69) is 6.07 Å². The molecule has 0 unspecified atom stereocenters. The van der Waals surface area contributed by atoms with Crippen LogP contribution in [0.2, 0.25) is 0 Å². The Labute approximate surface area is 150 Å². The first-order chi connectivity index (χ1) is 12.3. The van der Waals surface area contributed by atoms with Crippen LogP contribution >= 0.6 is 11.3 Å². The average Bonchev–Trinajstić information content (AvgIpc) is 3.07. The van der Waals surface area contributed by atoms with E-state index in [1.807, 2.05) is 35.7 Å². The zero-order valence-corrected chi connectivity index (χ0v) is 14.9. The van der Waals surface area contributed by atoms with Gasteiger partial charge in [0.05, 0.1) is 18.1 Å². The molecule has 0 fully saturated rings. The molecular weight excluding hydrogens is 334 g/mol. The number of ether oxygens (including phenoxy) is 1. The summed E-state index contributed by atoms with van der Waals surface area (Å²) in [5.41, 5.74) is 1.90. The molecule has 128 valence electrons. The monoisotopic (exact) mass is 353 g/mol. The molecule has 0 aliphatic carbocycles. The van der Waals surface area contributed by atoms with Crippen molar-refractivity contribution in [3.63, 3.8) is 0 Å². The molecule has 0 N–H and O–H groups in total. The minimum atomic E-state index is -0.0332. The van der Waals surface area contributed by atoms with Crippen LogP contribution in [-0.4, -0.2) is 23.3 Å². The molecule has 0 aliphatic rings. The van der Waals surface area contributed by atoms with E-state index in [4.69, 9.17) is 15.0 Å². The van der Waals surface area contributed by atoms with Crippen molar-refractivity contribution in [2.24, 2.45) is 0 Å². The molecule has 0 amide bonds. The predicted molar refractivity (Wildman–Crippen MR) is 99.7 cm³/mol. The Balaban J connectivity index is 2.13. The van der Waals surface area contributed by atoms with E-state index in [-0.39, 0.29) is 5.56 Å². The normalized spacial score (nSPS) is 10.9. The van der Waals surface area contributed by atoms with Gasteiger partial charge in [0.2, 0.25) is 0 Å². The summed E-state index contributed by atoms with van der Waals surface area (Å²) in [6.45, 7) is 1.01. The number of rotatable bonds is 7. The van der Waals surface area contributed by atoms with Gasteiger partial charge in [-0.1, -0.05) is 30.3 Å².